The van der Waals surface area contributed by atoms with Crippen LogP contribution in [0.2, 0.25) is 0 Å². The zero-order valence-electron chi connectivity index (χ0n) is 17.2. The Morgan fingerprint density at radius 2 is 2.19 bits per heavy atom. The molecule has 5 heteroatoms. The molecule has 1 saturated heterocycles. The Kier molecular flexibility index (Phi) is 7.13. The van der Waals surface area contributed by atoms with E-state index in [1.807, 2.05) is 0 Å². The van der Waals surface area contributed by atoms with Crippen LogP contribution in [0.25, 0.3) is 0 Å². The Balaban J connectivity index is 1.69. The van der Waals surface area contributed by atoms with Crippen LogP contribution in [0.15, 0.2) is 29.3 Å². The van der Waals surface area contributed by atoms with E-state index >= 15 is 0 Å². The molecule has 1 aromatic carbocycles. The highest BCUT2D eigenvalue weighted by Gasteiger charge is 2.36. The summed E-state index contributed by atoms with van der Waals surface area (Å²) in [6, 6.07) is 8.53. The molecule has 1 aliphatic heterocycles. The average Bonchev–Trinajstić information content (AvgIpc) is 2.66. The highest BCUT2D eigenvalue weighted by molar-refractivity contribution is 5.80. The predicted molar refractivity (Wildman–Crippen MR) is 110 cm³/mol. The number of hydrogen-bond acceptors (Lipinski definition) is 3. The number of rotatable bonds is 7. The van der Waals surface area contributed by atoms with Crippen molar-refractivity contribution in [1.82, 2.24) is 10.2 Å². The number of ether oxygens (including phenoxy) is 2. The average molecular weight is 374 g/mol. The minimum atomic E-state index is 0.106. The van der Waals surface area contributed by atoms with E-state index in [0.717, 1.165) is 51.8 Å². The van der Waals surface area contributed by atoms with E-state index in [4.69, 9.17) is 14.5 Å². The number of nitrogens with one attached hydrogen (secondary N) is 1. The molecule has 0 spiro atoms. The van der Waals surface area contributed by atoms with E-state index in [1.54, 1.807) is 7.11 Å². The summed E-state index contributed by atoms with van der Waals surface area (Å²) in [5.41, 5.74) is 2.92. The van der Waals surface area contributed by atoms with Crippen molar-refractivity contribution in [1.29, 1.82) is 0 Å². The summed E-state index contributed by atoms with van der Waals surface area (Å²) in [4.78, 5) is 7.42. The molecule has 3 rings (SSSR count). The van der Waals surface area contributed by atoms with Crippen molar-refractivity contribution >= 4 is 5.96 Å². The fourth-order valence-corrected chi connectivity index (χ4v) is 4.13. The first-order chi connectivity index (χ1) is 13.2. The number of methoxy groups -OCH3 is 1. The minimum absolute atomic E-state index is 0.106. The summed E-state index contributed by atoms with van der Waals surface area (Å²) in [7, 11) is 1.79. The lowest BCUT2D eigenvalue weighted by atomic mass is 9.67. The summed E-state index contributed by atoms with van der Waals surface area (Å²) in [6.07, 6.45) is 5.09. The summed E-state index contributed by atoms with van der Waals surface area (Å²) < 4.78 is 11.4. The maximum Gasteiger partial charge on any atom is 0.194 e. The zero-order valence-corrected chi connectivity index (χ0v) is 17.2. The maximum absolute atomic E-state index is 6.09. The highest BCUT2D eigenvalue weighted by atomic mass is 16.5. The van der Waals surface area contributed by atoms with Crippen LogP contribution in [0.4, 0.5) is 0 Å². The van der Waals surface area contributed by atoms with Crippen LogP contribution in [-0.4, -0.2) is 57.4 Å². The second-order valence-corrected chi connectivity index (χ2v) is 7.93. The van der Waals surface area contributed by atoms with Gasteiger partial charge in [-0.05, 0) is 49.7 Å². The van der Waals surface area contributed by atoms with Gasteiger partial charge in [-0.2, -0.15) is 0 Å². The molecule has 150 valence electrons. The Labute approximate surface area is 164 Å². The number of morpholine rings is 1. The van der Waals surface area contributed by atoms with E-state index in [2.05, 4.69) is 48.3 Å². The van der Waals surface area contributed by atoms with Gasteiger partial charge in [0, 0.05) is 33.4 Å². The molecule has 0 aromatic heterocycles. The van der Waals surface area contributed by atoms with Crippen molar-refractivity contribution in [3.63, 3.8) is 0 Å². The summed E-state index contributed by atoms with van der Waals surface area (Å²) >= 11 is 0. The van der Waals surface area contributed by atoms with E-state index in [-0.39, 0.29) is 6.10 Å². The number of benzene rings is 1. The summed E-state index contributed by atoms with van der Waals surface area (Å²) in [5.74, 6) is 1.03. The van der Waals surface area contributed by atoms with Crippen LogP contribution in [0.1, 0.15) is 49.8 Å². The van der Waals surface area contributed by atoms with Crippen LogP contribution < -0.4 is 5.32 Å². The van der Waals surface area contributed by atoms with Crippen LogP contribution >= 0.6 is 0 Å². The first-order valence-corrected chi connectivity index (χ1v) is 10.4. The van der Waals surface area contributed by atoms with Gasteiger partial charge in [0.05, 0.1) is 13.2 Å². The number of aryl methyl sites for hydroxylation is 1. The first kappa shape index (κ1) is 20.2. The van der Waals surface area contributed by atoms with E-state index in [1.165, 1.54) is 30.4 Å². The molecule has 1 heterocycles. The molecule has 1 saturated carbocycles. The lowest BCUT2D eigenvalue weighted by molar-refractivity contribution is -0.00854. The monoisotopic (exact) mass is 373 g/mol. The Morgan fingerprint density at radius 3 is 2.85 bits per heavy atom. The Bertz CT molecular complexity index is 628. The first-order valence-electron chi connectivity index (χ1n) is 10.4. The number of guanidine groups is 1. The molecule has 1 unspecified atom stereocenters. The fourth-order valence-electron chi connectivity index (χ4n) is 4.13. The standard InChI is InChI=1S/C22H35N3O2/c1-4-23-21(24-17-22(10-7-11-22)12-14-26-3)25-13-15-27-20(16-25)19-9-6-5-8-18(19)2/h5-6,8-9,20H,4,7,10-17H2,1-3H3,(H,23,24). The third-order valence-corrected chi connectivity index (χ3v) is 6.05. The van der Waals surface area contributed by atoms with Gasteiger partial charge >= 0.3 is 0 Å². The van der Waals surface area contributed by atoms with Gasteiger partial charge in [0.25, 0.3) is 0 Å². The van der Waals surface area contributed by atoms with Gasteiger partial charge in [-0.1, -0.05) is 30.7 Å². The topological polar surface area (TPSA) is 46.1 Å². The predicted octanol–water partition coefficient (Wildman–Crippen LogP) is 3.54. The number of hydrogen-bond donors (Lipinski definition) is 1. The summed E-state index contributed by atoms with van der Waals surface area (Å²) in [6.45, 7) is 9.38. The van der Waals surface area contributed by atoms with Gasteiger partial charge in [-0.25, -0.2) is 0 Å². The largest absolute Gasteiger partial charge is 0.385 e. The third kappa shape index (κ3) is 5.02. The SMILES string of the molecule is CCNC(=NCC1(CCOC)CCC1)N1CCOC(c2ccccc2C)C1. The molecule has 2 fully saturated rings. The van der Waals surface area contributed by atoms with Gasteiger partial charge in [0.2, 0.25) is 0 Å². The molecular weight excluding hydrogens is 338 g/mol. The van der Waals surface area contributed by atoms with Crippen LogP contribution in [0.3, 0.4) is 0 Å². The van der Waals surface area contributed by atoms with E-state index in [0.29, 0.717) is 5.41 Å². The Morgan fingerprint density at radius 1 is 1.37 bits per heavy atom. The molecule has 27 heavy (non-hydrogen) atoms. The second-order valence-electron chi connectivity index (χ2n) is 7.93. The van der Waals surface area contributed by atoms with E-state index < -0.39 is 0 Å². The van der Waals surface area contributed by atoms with Crippen molar-refractivity contribution in [2.45, 2.75) is 45.6 Å². The van der Waals surface area contributed by atoms with Gasteiger partial charge in [0.15, 0.2) is 5.96 Å². The van der Waals surface area contributed by atoms with Crippen molar-refractivity contribution < 1.29 is 9.47 Å². The molecule has 1 N–H and O–H groups in total. The normalized spacial score (nSPS) is 22.4. The molecule has 1 aromatic rings. The van der Waals surface area contributed by atoms with Gasteiger partial charge in [0.1, 0.15) is 6.10 Å². The molecule has 0 amide bonds. The third-order valence-electron chi connectivity index (χ3n) is 6.05. The lowest BCUT2D eigenvalue weighted by Crippen LogP contribution is -2.49. The number of nitrogens with zero attached hydrogens (tertiary/aromatic N) is 2. The zero-order chi connectivity index (χ0) is 19.1. The number of aliphatic imine (C=N–C) groups is 1. The van der Waals surface area contributed by atoms with Crippen LogP contribution in [0.5, 0.6) is 0 Å². The quantitative estimate of drug-likeness (QED) is 0.587. The molecule has 1 aliphatic carbocycles. The Hall–Kier alpha value is -1.59. The minimum Gasteiger partial charge on any atom is -0.385 e. The van der Waals surface area contributed by atoms with Crippen LogP contribution in [-0.2, 0) is 9.47 Å². The van der Waals surface area contributed by atoms with Crippen molar-refractivity contribution in [2.75, 3.05) is 46.5 Å². The van der Waals surface area contributed by atoms with Crippen molar-refractivity contribution in [3.05, 3.63) is 35.4 Å². The van der Waals surface area contributed by atoms with Crippen molar-refractivity contribution in [2.24, 2.45) is 10.4 Å². The lowest BCUT2D eigenvalue weighted by Gasteiger charge is -2.41. The fraction of sp³-hybridized carbons (Fsp3) is 0.682. The maximum atomic E-state index is 6.09. The van der Waals surface area contributed by atoms with Crippen molar-refractivity contribution in [3.8, 4) is 0 Å². The molecule has 0 radical (unpaired) electrons. The van der Waals surface area contributed by atoms with Crippen LogP contribution in [0, 0.1) is 12.3 Å². The molecular formula is C22H35N3O2. The molecule has 5 nitrogen and oxygen atoms in total. The molecule has 1 atom stereocenters. The van der Waals surface area contributed by atoms with Gasteiger partial charge in [-0.15, -0.1) is 0 Å². The second kappa shape index (κ2) is 9.56. The smallest absolute Gasteiger partial charge is 0.194 e. The summed E-state index contributed by atoms with van der Waals surface area (Å²) in [5, 5.41) is 3.50. The molecule has 0 bridgehead atoms. The van der Waals surface area contributed by atoms with Gasteiger partial charge < -0.3 is 19.7 Å². The van der Waals surface area contributed by atoms with Gasteiger partial charge in [-0.3, -0.25) is 4.99 Å². The highest BCUT2D eigenvalue weighted by Crippen LogP contribution is 2.44. The molecule has 2 aliphatic rings. The van der Waals surface area contributed by atoms with E-state index in [9.17, 15) is 0 Å².